The van der Waals surface area contributed by atoms with Crippen LogP contribution >= 0.6 is 0 Å². The Kier molecular flexibility index (Phi) is 1.84. The first kappa shape index (κ1) is 6.29. The fourth-order valence-corrected chi connectivity index (χ4v) is 0.521. The minimum Gasteiger partial charge on any atom is -0.312 e. The molecule has 0 saturated carbocycles. The largest absolute Gasteiger partial charge is 0.312 e. The zero-order chi connectivity index (χ0) is 6.69. The molecule has 0 aliphatic heterocycles. The molecular formula is C4H7BN4. The molecule has 0 aromatic carbocycles. The maximum absolute atomic E-state index is 5.26. The van der Waals surface area contributed by atoms with Gasteiger partial charge in [0.25, 0.3) is 0 Å². The van der Waals surface area contributed by atoms with Gasteiger partial charge in [-0.15, -0.1) is 5.10 Å². The van der Waals surface area contributed by atoms with E-state index in [1.54, 1.807) is 6.20 Å². The van der Waals surface area contributed by atoms with Crippen LogP contribution in [-0.2, 0) is 13.0 Å². The second kappa shape index (κ2) is 2.64. The Morgan fingerprint density at radius 1 is 1.78 bits per heavy atom. The Bertz CT molecular complexity index is 166. The first-order chi connectivity index (χ1) is 4.36. The van der Waals surface area contributed by atoms with E-state index in [0.29, 0.717) is 13.0 Å². The Morgan fingerprint density at radius 2 is 2.56 bits per heavy atom. The van der Waals surface area contributed by atoms with E-state index in [-0.39, 0.29) is 0 Å². The molecule has 5 heteroatoms. The second-order valence-corrected chi connectivity index (χ2v) is 1.64. The fraction of sp³-hybridized carbons (Fsp3) is 0.500. The van der Waals surface area contributed by atoms with E-state index in [0.717, 1.165) is 5.69 Å². The summed E-state index contributed by atoms with van der Waals surface area (Å²) in [6.07, 6.45) is 2.14. The minimum absolute atomic E-state index is 0.354. The van der Waals surface area contributed by atoms with Gasteiger partial charge >= 0.3 is 0 Å². The van der Waals surface area contributed by atoms with E-state index in [9.17, 15) is 0 Å². The van der Waals surface area contributed by atoms with Crippen molar-refractivity contribution in [1.82, 2.24) is 15.0 Å². The molecule has 0 aliphatic rings. The van der Waals surface area contributed by atoms with Crippen LogP contribution in [0.2, 0.25) is 0 Å². The molecular weight excluding hydrogens is 115 g/mol. The predicted molar refractivity (Wildman–Crippen MR) is 33.7 cm³/mol. The smallest absolute Gasteiger partial charge is 0.0896 e. The van der Waals surface area contributed by atoms with Gasteiger partial charge < -0.3 is 5.73 Å². The highest BCUT2D eigenvalue weighted by Crippen LogP contribution is 1.88. The third-order valence-corrected chi connectivity index (χ3v) is 0.982. The number of rotatable bonds is 2. The molecule has 1 aromatic heterocycles. The van der Waals surface area contributed by atoms with Crippen molar-refractivity contribution in [1.29, 1.82) is 0 Å². The highest BCUT2D eigenvalue weighted by Gasteiger charge is 1.92. The van der Waals surface area contributed by atoms with Crippen LogP contribution in [0.5, 0.6) is 0 Å². The zero-order valence-electron chi connectivity index (χ0n) is 4.99. The minimum atomic E-state index is 0.354. The summed E-state index contributed by atoms with van der Waals surface area (Å²) in [6.45, 7) is 0.354. The molecule has 1 aromatic rings. The van der Waals surface area contributed by atoms with Crippen molar-refractivity contribution in [3.8, 4) is 0 Å². The molecule has 2 radical (unpaired) electrons. The predicted octanol–water partition coefficient (Wildman–Crippen LogP) is -1.14. The van der Waals surface area contributed by atoms with Crippen LogP contribution < -0.4 is 5.73 Å². The number of hydrogen-bond acceptors (Lipinski definition) is 3. The SMILES string of the molecule is [B]Cc1cn(CN)nn1. The zero-order valence-corrected chi connectivity index (χ0v) is 4.99. The van der Waals surface area contributed by atoms with Crippen LogP contribution in [0.4, 0.5) is 0 Å². The van der Waals surface area contributed by atoms with Crippen molar-refractivity contribution < 1.29 is 0 Å². The first-order valence-electron chi connectivity index (χ1n) is 2.66. The van der Waals surface area contributed by atoms with Crippen LogP contribution in [0, 0.1) is 0 Å². The molecule has 0 saturated heterocycles. The van der Waals surface area contributed by atoms with Gasteiger partial charge in [0.2, 0.25) is 0 Å². The van der Waals surface area contributed by atoms with Gasteiger partial charge in [-0.05, 0) is 6.32 Å². The molecule has 0 aliphatic carbocycles. The molecule has 1 rings (SSSR count). The van der Waals surface area contributed by atoms with Crippen LogP contribution in [-0.4, -0.2) is 22.8 Å². The molecule has 9 heavy (non-hydrogen) atoms. The molecule has 0 spiro atoms. The van der Waals surface area contributed by atoms with E-state index in [1.165, 1.54) is 4.68 Å². The quantitative estimate of drug-likeness (QED) is 0.504. The lowest BCUT2D eigenvalue weighted by Gasteiger charge is -1.87. The summed E-state index contributed by atoms with van der Waals surface area (Å²) >= 11 is 0. The van der Waals surface area contributed by atoms with Gasteiger partial charge in [-0.25, -0.2) is 4.68 Å². The molecule has 2 N–H and O–H groups in total. The Balaban J connectivity index is 2.74. The van der Waals surface area contributed by atoms with Gasteiger partial charge in [0, 0.05) is 6.20 Å². The summed E-state index contributed by atoms with van der Waals surface area (Å²) < 4.78 is 1.53. The van der Waals surface area contributed by atoms with Crippen molar-refractivity contribution in [3.05, 3.63) is 11.9 Å². The molecule has 0 bridgehead atoms. The highest BCUT2D eigenvalue weighted by molar-refractivity contribution is 6.08. The summed E-state index contributed by atoms with van der Waals surface area (Å²) in [6, 6.07) is 0. The van der Waals surface area contributed by atoms with Crippen molar-refractivity contribution in [3.63, 3.8) is 0 Å². The van der Waals surface area contributed by atoms with Gasteiger partial charge in [-0.3, -0.25) is 0 Å². The third-order valence-electron chi connectivity index (χ3n) is 0.982. The number of hydrogen-bond donors (Lipinski definition) is 1. The molecule has 0 amide bonds. The maximum atomic E-state index is 5.26. The normalized spacial score (nSPS) is 9.89. The van der Waals surface area contributed by atoms with Crippen molar-refractivity contribution in [2.75, 3.05) is 0 Å². The number of nitrogens with two attached hydrogens (primary N) is 1. The third kappa shape index (κ3) is 1.29. The summed E-state index contributed by atoms with van der Waals surface area (Å²) in [5, 5.41) is 7.38. The van der Waals surface area contributed by atoms with Crippen molar-refractivity contribution >= 4 is 7.85 Å². The van der Waals surface area contributed by atoms with E-state index in [2.05, 4.69) is 10.3 Å². The van der Waals surface area contributed by atoms with Gasteiger partial charge in [0.05, 0.1) is 20.2 Å². The first-order valence-corrected chi connectivity index (χ1v) is 2.66. The topological polar surface area (TPSA) is 56.7 Å². The summed E-state index contributed by atoms with van der Waals surface area (Å²) in [5.41, 5.74) is 6.00. The number of nitrogens with zero attached hydrogens (tertiary/aromatic N) is 3. The van der Waals surface area contributed by atoms with Crippen LogP contribution in [0.1, 0.15) is 5.69 Å². The summed E-state index contributed by atoms with van der Waals surface area (Å²) in [5.74, 6) is 0. The lowest BCUT2D eigenvalue weighted by molar-refractivity contribution is 0.608. The molecule has 0 fully saturated rings. The monoisotopic (exact) mass is 122 g/mol. The van der Waals surface area contributed by atoms with E-state index in [4.69, 9.17) is 13.6 Å². The highest BCUT2D eigenvalue weighted by atomic mass is 15.4. The van der Waals surface area contributed by atoms with Crippen LogP contribution in [0.3, 0.4) is 0 Å². The Morgan fingerprint density at radius 3 is 2.89 bits per heavy atom. The fourth-order valence-electron chi connectivity index (χ4n) is 0.521. The average Bonchev–Trinajstić information content (AvgIpc) is 2.34. The average molecular weight is 122 g/mol. The van der Waals surface area contributed by atoms with E-state index < -0.39 is 0 Å². The van der Waals surface area contributed by atoms with Crippen LogP contribution in [0.15, 0.2) is 6.20 Å². The standard InChI is InChI=1S/C4H7BN4/c5-1-4-2-9(3-6)8-7-4/h2H,1,3,6H2. The maximum Gasteiger partial charge on any atom is 0.0896 e. The van der Waals surface area contributed by atoms with Gasteiger partial charge in [-0.1, -0.05) is 5.21 Å². The summed E-state index contributed by atoms with van der Waals surface area (Å²) in [7, 11) is 5.26. The molecule has 46 valence electrons. The van der Waals surface area contributed by atoms with Crippen LogP contribution in [0.25, 0.3) is 0 Å². The molecule has 1 heterocycles. The van der Waals surface area contributed by atoms with E-state index in [1.807, 2.05) is 0 Å². The molecule has 4 nitrogen and oxygen atoms in total. The Hall–Kier alpha value is -0.835. The van der Waals surface area contributed by atoms with E-state index >= 15 is 0 Å². The van der Waals surface area contributed by atoms with Gasteiger partial charge in [0.1, 0.15) is 0 Å². The lowest BCUT2D eigenvalue weighted by atomic mass is 10.0. The molecule has 0 atom stereocenters. The summed E-state index contributed by atoms with van der Waals surface area (Å²) in [4.78, 5) is 0. The number of aromatic nitrogens is 3. The molecule has 0 unspecified atom stereocenters. The van der Waals surface area contributed by atoms with Crippen molar-refractivity contribution in [2.45, 2.75) is 13.0 Å². The van der Waals surface area contributed by atoms with Crippen molar-refractivity contribution in [2.24, 2.45) is 5.73 Å². The van der Waals surface area contributed by atoms with Gasteiger partial charge in [0.15, 0.2) is 0 Å². The van der Waals surface area contributed by atoms with Gasteiger partial charge in [-0.2, -0.15) is 0 Å². The lowest BCUT2D eigenvalue weighted by Crippen LogP contribution is -2.06. The second-order valence-electron chi connectivity index (χ2n) is 1.64. The Labute approximate surface area is 54.4 Å².